The zero-order chi connectivity index (χ0) is 14.2. The van der Waals surface area contributed by atoms with Gasteiger partial charge in [0.1, 0.15) is 0 Å². The van der Waals surface area contributed by atoms with E-state index in [1.807, 2.05) is 13.8 Å². The van der Waals surface area contributed by atoms with Crippen LogP contribution in [0.25, 0.3) is 0 Å². The minimum atomic E-state index is -3.68. The number of hydrogen-bond donors (Lipinski definition) is 2. The molecule has 1 aliphatic carbocycles. The Morgan fingerprint density at radius 1 is 1.47 bits per heavy atom. The molecule has 0 amide bonds. The lowest BCUT2D eigenvalue weighted by molar-refractivity contribution is 0.112. The second kappa shape index (κ2) is 5.22. The summed E-state index contributed by atoms with van der Waals surface area (Å²) in [6.45, 7) is 3.42. The summed E-state index contributed by atoms with van der Waals surface area (Å²) in [6.07, 6.45) is 2.25. The zero-order valence-electron chi connectivity index (χ0n) is 11.2. The van der Waals surface area contributed by atoms with Crippen LogP contribution < -0.4 is 0 Å². The molecule has 19 heavy (non-hydrogen) atoms. The predicted octanol–water partition coefficient (Wildman–Crippen LogP) is 0.468. The molecular formula is C12H20N2O4S. The average molecular weight is 288 g/mol. The molecule has 1 heterocycles. The van der Waals surface area contributed by atoms with Crippen LogP contribution in [0.2, 0.25) is 0 Å². The summed E-state index contributed by atoms with van der Waals surface area (Å²) in [7, 11) is -3.68. The molecule has 2 rings (SSSR count). The van der Waals surface area contributed by atoms with Gasteiger partial charge in [0, 0.05) is 17.9 Å². The maximum absolute atomic E-state index is 12.2. The van der Waals surface area contributed by atoms with Gasteiger partial charge in [0.25, 0.3) is 0 Å². The van der Waals surface area contributed by atoms with E-state index in [9.17, 15) is 13.5 Å². The van der Waals surface area contributed by atoms with Gasteiger partial charge < -0.3 is 14.8 Å². The van der Waals surface area contributed by atoms with Gasteiger partial charge in [-0.25, -0.2) is 13.4 Å². The first-order valence-corrected chi connectivity index (χ1v) is 8.11. The highest BCUT2D eigenvalue weighted by Gasteiger charge is 2.34. The molecule has 108 valence electrons. The number of rotatable bonds is 6. The first-order valence-electron chi connectivity index (χ1n) is 6.45. The molecule has 1 unspecified atom stereocenters. The van der Waals surface area contributed by atoms with Gasteiger partial charge in [-0.1, -0.05) is 13.8 Å². The summed E-state index contributed by atoms with van der Waals surface area (Å²) in [6, 6.07) is 0.205. The van der Waals surface area contributed by atoms with Crippen LogP contribution in [0.4, 0.5) is 0 Å². The van der Waals surface area contributed by atoms with Gasteiger partial charge in [0.2, 0.25) is 15.0 Å². The number of nitrogens with zero attached hydrogens (tertiary/aromatic N) is 2. The molecule has 1 aliphatic rings. The molecule has 0 aliphatic heterocycles. The summed E-state index contributed by atoms with van der Waals surface area (Å²) in [5.41, 5.74) is 0.902. The van der Waals surface area contributed by atoms with Crippen LogP contribution in [0.3, 0.4) is 0 Å². The number of aromatic nitrogens is 2. The maximum Gasteiger partial charge on any atom is 0.228 e. The number of sulfone groups is 1. The molecular weight excluding hydrogens is 268 g/mol. The smallest absolute Gasteiger partial charge is 0.228 e. The largest absolute Gasteiger partial charge is 0.394 e. The molecule has 1 atom stereocenters. The molecule has 0 bridgehead atoms. The number of aliphatic hydroxyl groups excluding tert-OH is 2. The quantitative estimate of drug-likeness (QED) is 0.793. The lowest BCUT2D eigenvalue weighted by Gasteiger charge is -2.14. The van der Waals surface area contributed by atoms with Crippen LogP contribution in [0.15, 0.2) is 11.4 Å². The number of aliphatic hydroxyl groups is 2. The van der Waals surface area contributed by atoms with Crippen molar-refractivity contribution in [2.24, 2.45) is 0 Å². The fraction of sp³-hybridized carbons (Fsp3) is 0.750. The fourth-order valence-electron chi connectivity index (χ4n) is 2.09. The standard InChI is InChI=1S/C12H20N2O4S/c1-8(2)11-5-13-12(14(11)9-3-4-9)19(17,18)7-10(16)6-15/h5,8-10,15-16H,3-4,6-7H2,1-2H3. The third kappa shape index (κ3) is 2.98. The van der Waals surface area contributed by atoms with Gasteiger partial charge in [-0.3, -0.25) is 0 Å². The van der Waals surface area contributed by atoms with Crippen molar-refractivity contribution in [2.75, 3.05) is 12.4 Å². The zero-order valence-corrected chi connectivity index (χ0v) is 12.0. The van der Waals surface area contributed by atoms with Crippen molar-refractivity contribution in [3.8, 4) is 0 Å². The van der Waals surface area contributed by atoms with Crippen molar-refractivity contribution in [3.05, 3.63) is 11.9 Å². The maximum atomic E-state index is 12.2. The third-order valence-corrected chi connectivity index (χ3v) is 4.88. The van der Waals surface area contributed by atoms with Crippen molar-refractivity contribution in [1.82, 2.24) is 9.55 Å². The molecule has 0 spiro atoms. The molecule has 1 aromatic heterocycles. The van der Waals surface area contributed by atoms with E-state index in [1.54, 1.807) is 10.8 Å². The van der Waals surface area contributed by atoms with Crippen LogP contribution in [0.5, 0.6) is 0 Å². The van der Waals surface area contributed by atoms with E-state index in [-0.39, 0.29) is 17.1 Å². The number of hydrogen-bond acceptors (Lipinski definition) is 5. The van der Waals surface area contributed by atoms with E-state index in [0.29, 0.717) is 0 Å². The second-order valence-corrected chi connectivity index (χ2v) is 7.27. The van der Waals surface area contributed by atoms with Gasteiger partial charge in [-0.05, 0) is 18.8 Å². The Hall–Kier alpha value is -0.920. The lowest BCUT2D eigenvalue weighted by Crippen LogP contribution is -2.26. The summed E-state index contributed by atoms with van der Waals surface area (Å²) in [5, 5.41) is 18.2. The van der Waals surface area contributed by atoms with Crippen LogP contribution in [-0.2, 0) is 9.84 Å². The van der Waals surface area contributed by atoms with E-state index in [4.69, 9.17) is 5.11 Å². The van der Waals surface area contributed by atoms with E-state index >= 15 is 0 Å². The summed E-state index contributed by atoms with van der Waals surface area (Å²) in [4.78, 5) is 4.04. The first-order chi connectivity index (χ1) is 8.86. The highest BCUT2D eigenvalue weighted by Crippen LogP contribution is 2.39. The van der Waals surface area contributed by atoms with Crippen molar-refractivity contribution in [3.63, 3.8) is 0 Å². The molecule has 7 heteroatoms. The molecule has 1 fully saturated rings. The second-order valence-electron chi connectivity index (χ2n) is 5.34. The molecule has 1 saturated carbocycles. The minimum absolute atomic E-state index is 0.0196. The topological polar surface area (TPSA) is 92.4 Å². The molecule has 0 saturated heterocycles. The van der Waals surface area contributed by atoms with Gasteiger partial charge in [-0.2, -0.15) is 0 Å². The van der Waals surface area contributed by atoms with Gasteiger partial charge >= 0.3 is 0 Å². The predicted molar refractivity (Wildman–Crippen MR) is 69.7 cm³/mol. The van der Waals surface area contributed by atoms with E-state index in [1.165, 1.54) is 0 Å². The Bertz CT molecular complexity index is 546. The van der Waals surface area contributed by atoms with Crippen molar-refractivity contribution in [2.45, 2.75) is 49.9 Å². The third-order valence-electron chi connectivity index (χ3n) is 3.20. The fourth-order valence-corrected chi connectivity index (χ4v) is 3.62. The van der Waals surface area contributed by atoms with E-state index in [2.05, 4.69) is 4.98 Å². The molecule has 6 nitrogen and oxygen atoms in total. The van der Waals surface area contributed by atoms with Crippen LogP contribution in [0.1, 0.15) is 44.3 Å². The molecule has 0 radical (unpaired) electrons. The van der Waals surface area contributed by atoms with E-state index < -0.39 is 28.3 Å². The molecule has 2 N–H and O–H groups in total. The highest BCUT2D eigenvalue weighted by molar-refractivity contribution is 7.91. The van der Waals surface area contributed by atoms with Gasteiger partial charge in [0.15, 0.2) is 0 Å². The van der Waals surface area contributed by atoms with Crippen molar-refractivity contribution < 1.29 is 18.6 Å². The SMILES string of the molecule is CC(C)c1cnc(S(=O)(=O)CC(O)CO)n1C1CC1. The monoisotopic (exact) mass is 288 g/mol. The van der Waals surface area contributed by atoms with E-state index in [0.717, 1.165) is 18.5 Å². The first kappa shape index (κ1) is 14.5. The van der Waals surface area contributed by atoms with Crippen molar-refractivity contribution >= 4 is 9.84 Å². The Balaban J connectivity index is 2.39. The summed E-state index contributed by atoms with van der Waals surface area (Å²) in [5.74, 6) is -0.301. The average Bonchev–Trinajstić information content (AvgIpc) is 3.05. The number of imidazole rings is 1. The summed E-state index contributed by atoms with van der Waals surface area (Å²) >= 11 is 0. The summed E-state index contributed by atoms with van der Waals surface area (Å²) < 4.78 is 26.3. The minimum Gasteiger partial charge on any atom is -0.394 e. The van der Waals surface area contributed by atoms with Crippen LogP contribution in [-0.4, -0.2) is 46.6 Å². The Kier molecular flexibility index (Phi) is 3.98. The molecule has 1 aromatic rings. The van der Waals surface area contributed by atoms with Gasteiger partial charge in [0.05, 0.1) is 18.5 Å². The van der Waals surface area contributed by atoms with Crippen molar-refractivity contribution in [1.29, 1.82) is 0 Å². The lowest BCUT2D eigenvalue weighted by atomic mass is 10.1. The normalized spacial score (nSPS) is 17.9. The molecule has 0 aromatic carbocycles. The van der Waals surface area contributed by atoms with Crippen LogP contribution >= 0.6 is 0 Å². The highest BCUT2D eigenvalue weighted by atomic mass is 32.2. The van der Waals surface area contributed by atoms with Gasteiger partial charge in [-0.15, -0.1) is 0 Å². The Morgan fingerprint density at radius 3 is 2.58 bits per heavy atom. The Labute approximate surface area is 113 Å². The Morgan fingerprint density at radius 2 is 2.11 bits per heavy atom. The van der Waals surface area contributed by atoms with Crippen LogP contribution in [0, 0.1) is 0 Å².